The molecule has 134 valence electrons. The van der Waals surface area contributed by atoms with E-state index in [1.807, 2.05) is 6.07 Å². The van der Waals surface area contributed by atoms with Crippen LogP contribution < -0.4 is 5.32 Å². The zero-order chi connectivity index (χ0) is 18.7. The van der Waals surface area contributed by atoms with Gasteiger partial charge in [-0.3, -0.25) is 4.79 Å². The number of carbonyl (C=O) groups is 2. The molecule has 0 radical (unpaired) electrons. The van der Waals surface area contributed by atoms with Crippen molar-refractivity contribution < 1.29 is 18.7 Å². The maximum atomic E-state index is 13.8. The zero-order valence-electron chi connectivity index (χ0n) is 14.0. The van der Waals surface area contributed by atoms with Crippen molar-refractivity contribution in [3.63, 3.8) is 0 Å². The number of benzene rings is 1. The lowest BCUT2D eigenvalue weighted by atomic mass is 9.88. The van der Waals surface area contributed by atoms with E-state index in [0.29, 0.717) is 17.3 Å². The molecule has 0 saturated heterocycles. The molecule has 1 unspecified atom stereocenters. The summed E-state index contributed by atoms with van der Waals surface area (Å²) in [5.41, 5.74) is 1.29. The molecule has 1 aromatic carbocycles. The molecule has 1 atom stereocenters. The summed E-state index contributed by atoms with van der Waals surface area (Å²) in [5.74, 6) is -2.61. The van der Waals surface area contributed by atoms with Gasteiger partial charge in [0.25, 0.3) is 5.91 Å². The average molecular weight is 375 g/mol. The summed E-state index contributed by atoms with van der Waals surface area (Å²) < 4.78 is 18.7. The number of carbonyl (C=O) groups excluding carboxylic acids is 2. The minimum absolute atomic E-state index is 0.114. The Labute approximate surface area is 154 Å². The fourth-order valence-electron chi connectivity index (χ4n) is 2.79. The van der Waals surface area contributed by atoms with Crippen LogP contribution in [0.5, 0.6) is 0 Å². The zero-order valence-corrected chi connectivity index (χ0v) is 14.7. The van der Waals surface area contributed by atoms with E-state index in [2.05, 4.69) is 10.3 Å². The van der Waals surface area contributed by atoms with E-state index in [0.717, 1.165) is 5.56 Å². The van der Waals surface area contributed by atoms with Gasteiger partial charge in [-0.25, -0.2) is 14.2 Å². The molecule has 0 aromatic heterocycles. The van der Waals surface area contributed by atoms with Crippen LogP contribution in [0.1, 0.15) is 12.5 Å². The summed E-state index contributed by atoms with van der Waals surface area (Å²) in [7, 11) is 0. The van der Waals surface area contributed by atoms with Crippen LogP contribution in [0, 0.1) is 5.92 Å². The molecule has 1 amide bonds. The predicted octanol–water partition coefficient (Wildman–Crippen LogP) is 3.27. The number of rotatable bonds is 5. The number of ether oxygens (including phenoxy) is 1. The van der Waals surface area contributed by atoms with Gasteiger partial charge in [0.2, 0.25) is 0 Å². The molecule has 0 spiro atoms. The highest BCUT2D eigenvalue weighted by molar-refractivity contribution is 6.30. The summed E-state index contributed by atoms with van der Waals surface area (Å²) >= 11 is 5.98. The van der Waals surface area contributed by atoms with Gasteiger partial charge < -0.3 is 10.1 Å². The van der Waals surface area contributed by atoms with Crippen LogP contribution in [0.25, 0.3) is 0 Å². The van der Waals surface area contributed by atoms with Crippen LogP contribution in [-0.4, -0.2) is 24.2 Å². The van der Waals surface area contributed by atoms with Gasteiger partial charge in [0.15, 0.2) is 0 Å². The highest BCUT2D eigenvalue weighted by Gasteiger charge is 2.35. The molecule has 0 saturated carbocycles. The number of halogens is 2. The van der Waals surface area contributed by atoms with Crippen molar-refractivity contribution in [1.29, 1.82) is 0 Å². The molecule has 1 N–H and O–H groups in total. The van der Waals surface area contributed by atoms with Gasteiger partial charge in [0.05, 0.1) is 18.2 Å². The van der Waals surface area contributed by atoms with Crippen molar-refractivity contribution in [2.24, 2.45) is 10.9 Å². The van der Waals surface area contributed by atoms with E-state index in [9.17, 15) is 14.0 Å². The van der Waals surface area contributed by atoms with Crippen molar-refractivity contribution in [3.05, 3.63) is 70.2 Å². The standard InChI is InChI=1S/C19H16ClFN2O3/c1-2-26-19(25)16-17(22-10-11-4-3-5-12(20)8-11)14-9-13(21)6-7-15(14)23-18(16)24/h3-9,14,22H,2,10H2,1H3. The molecule has 1 heterocycles. The number of amides is 1. The van der Waals surface area contributed by atoms with Crippen LogP contribution in [0.3, 0.4) is 0 Å². The monoisotopic (exact) mass is 374 g/mol. The Kier molecular flexibility index (Phi) is 5.32. The largest absolute Gasteiger partial charge is 0.462 e. The maximum Gasteiger partial charge on any atom is 0.345 e. The number of esters is 1. The highest BCUT2D eigenvalue weighted by atomic mass is 35.5. The van der Waals surface area contributed by atoms with Gasteiger partial charge in [0.1, 0.15) is 11.4 Å². The summed E-state index contributed by atoms with van der Waals surface area (Å²) in [6.07, 6.45) is 3.97. The third-order valence-corrected chi connectivity index (χ3v) is 4.17. The molecule has 0 fully saturated rings. The fourth-order valence-corrected chi connectivity index (χ4v) is 3.01. The Morgan fingerprint density at radius 1 is 1.38 bits per heavy atom. The van der Waals surface area contributed by atoms with Crippen LogP contribution in [-0.2, 0) is 20.9 Å². The van der Waals surface area contributed by atoms with Crippen molar-refractivity contribution >= 4 is 29.2 Å². The van der Waals surface area contributed by atoms with Gasteiger partial charge in [-0.15, -0.1) is 0 Å². The molecule has 26 heavy (non-hydrogen) atoms. The minimum atomic E-state index is -0.780. The number of allylic oxidation sites excluding steroid dienone is 4. The van der Waals surface area contributed by atoms with E-state index in [4.69, 9.17) is 16.3 Å². The van der Waals surface area contributed by atoms with Gasteiger partial charge in [0, 0.05) is 17.3 Å². The number of aliphatic imine (C=N–C) groups is 1. The Bertz CT molecular complexity index is 887. The first-order valence-corrected chi connectivity index (χ1v) is 8.45. The van der Waals surface area contributed by atoms with E-state index in [-0.39, 0.29) is 17.9 Å². The van der Waals surface area contributed by atoms with Gasteiger partial charge in [-0.05, 0) is 42.8 Å². The van der Waals surface area contributed by atoms with Crippen molar-refractivity contribution in [1.82, 2.24) is 5.32 Å². The highest BCUT2D eigenvalue weighted by Crippen LogP contribution is 2.29. The van der Waals surface area contributed by atoms with E-state index in [1.165, 1.54) is 18.2 Å². The smallest absolute Gasteiger partial charge is 0.345 e. The predicted molar refractivity (Wildman–Crippen MR) is 96.2 cm³/mol. The average Bonchev–Trinajstić information content (AvgIpc) is 2.60. The lowest BCUT2D eigenvalue weighted by molar-refractivity contribution is -0.140. The quantitative estimate of drug-likeness (QED) is 0.634. The second-order valence-electron chi connectivity index (χ2n) is 5.70. The number of hydrogen-bond acceptors (Lipinski definition) is 4. The fraction of sp³-hybridized carbons (Fsp3) is 0.211. The molecule has 0 bridgehead atoms. The van der Waals surface area contributed by atoms with Gasteiger partial charge >= 0.3 is 5.97 Å². The lowest BCUT2D eigenvalue weighted by Gasteiger charge is -2.26. The van der Waals surface area contributed by atoms with Crippen LogP contribution >= 0.6 is 11.6 Å². The van der Waals surface area contributed by atoms with Crippen LogP contribution in [0.2, 0.25) is 5.02 Å². The SMILES string of the molecule is CCOC(=O)C1=C(NCc2cccc(Cl)c2)C2C=C(F)C=CC2=NC1=O. The summed E-state index contributed by atoms with van der Waals surface area (Å²) in [6, 6.07) is 7.14. The van der Waals surface area contributed by atoms with Gasteiger partial charge in [-0.2, -0.15) is 0 Å². The molecule has 1 aromatic rings. The molecule has 3 rings (SSSR count). The first-order chi connectivity index (χ1) is 12.5. The van der Waals surface area contributed by atoms with E-state index < -0.39 is 23.6 Å². The van der Waals surface area contributed by atoms with Crippen molar-refractivity contribution in [2.75, 3.05) is 6.61 Å². The Balaban J connectivity index is 1.97. The second-order valence-corrected chi connectivity index (χ2v) is 6.13. The molecule has 1 aliphatic heterocycles. The molecule has 2 aliphatic rings. The molecular weight excluding hydrogens is 359 g/mol. The topological polar surface area (TPSA) is 67.8 Å². The Hall–Kier alpha value is -2.73. The summed E-state index contributed by atoms with van der Waals surface area (Å²) in [6.45, 7) is 2.06. The Morgan fingerprint density at radius 2 is 2.19 bits per heavy atom. The number of hydrogen-bond donors (Lipinski definition) is 1. The number of nitrogens with zero attached hydrogens (tertiary/aromatic N) is 1. The van der Waals surface area contributed by atoms with Crippen LogP contribution in [0.15, 0.2) is 64.6 Å². The normalized spacial score (nSPS) is 18.9. The van der Waals surface area contributed by atoms with E-state index >= 15 is 0 Å². The van der Waals surface area contributed by atoms with Crippen molar-refractivity contribution in [3.8, 4) is 0 Å². The third-order valence-electron chi connectivity index (χ3n) is 3.93. The van der Waals surface area contributed by atoms with Crippen molar-refractivity contribution in [2.45, 2.75) is 13.5 Å². The summed E-state index contributed by atoms with van der Waals surface area (Å²) in [4.78, 5) is 28.5. The summed E-state index contributed by atoms with van der Waals surface area (Å²) in [5, 5.41) is 3.65. The number of nitrogens with one attached hydrogen (secondary N) is 1. The van der Waals surface area contributed by atoms with E-state index in [1.54, 1.807) is 25.1 Å². The first-order valence-electron chi connectivity index (χ1n) is 8.07. The maximum absolute atomic E-state index is 13.8. The van der Waals surface area contributed by atoms with Crippen LogP contribution in [0.4, 0.5) is 4.39 Å². The number of fused-ring (bicyclic) bond motifs is 1. The molecule has 7 heteroatoms. The Morgan fingerprint density at radius 3 is 2.92 bits per heavy atom. The molecule has 1 aliphatic carbocycles. The molecular formula is C19H16ClFN2O3. The lowest BCUT2D eigenvalue weighted by Crippen LogP contribution is -2.35. The minimum Gasteiger partial charge on any atom is -0.462 e. The molecule has 5 nitrogen and oxygen atoms in total. The number of dihydropyridines is 1. The third kappa shape index (κ3) is 3.75. The van der Waals surface area contributed by atoms with Gasteiger partial charge in [-0.1, -0.05) is 23.7 Å². The second kappa shape index (κ2) is 7.66. The first kappa shape index (κ1) is 18.1.